The maximum absolute atomic E-state index is 5.61. The third-order valence-corrected chi connectivity index (χ3v) is 3.24. The van der Waals surface area contributed by atoms with Crippen LogP contribution < -0.4 is 5.73 Å². The second-order valence-electron chi connectivity index (χ2n) is 5.63. The van der Waals surface area contributed by atoms with Crippen molar-refractivity contribution in [2.45, 2.75) is 40.5 Å². The Balaban J connectivity index is 2.22. The summed E-state index contributed by atoms with van der Waals surface area (Å²) in [6.45, 7) is 10.5. The SMILES string of the molecule is CC(C)COCCC(C)C(C)Cc1cc(N)no1. The molecular weight excluding hydrogens is 228 g/mol. The van der Waals surface area contributed by atoms with Crippen LogP contribution in [0.25, 0.3) is 0 Å². The molecule has 0 bridgehead atoms. The van der Waals surface area contributed by atoms with Gasteiger partial charge in [0.25, 0.3) is 0 Å². The molecule has 2 atom stereocenters. The van der Waals surface area contributed by atoms with Gasteiger partial charge in [-0.2, -0.15) is 0 Å². The predicted molar refractivity (Wildman–Crippen MR) is 73.2 cm³/mol. The molecule has 0 amide bonds. The first kappa shape index (κ1) is 15.0. The van der Waals surface area contributed by atoms with E-state index in [0.29, 0.717) is 23.6 Å². The van der Waals surface area contributed by atoms with E-state index in [4.69, 9.17) is 15.0 Å². The van der Waals surface area contributed by atoms with Gasteiger partial charge in [0.2, 0.25) is 0 Å². The largest absolute Gasteiger partial charge is 0.381 e. The topological polar surface area (TPSA) is 61.3 Å². The lowest BCUT2D eigenvalue weighted by Crippen LogP contribution is -2.14. The van der Waals surface area contributed by atoms with E-state index in [0.717, 1.165) is 31.8 Å². The zero-order valence-electron chi connectivity index (χ0n) is 12.0. The van der Waals surface area contributed by atoms with Crippen molar-refractivity contribution in [3.8, 4) is 0 Å². The van der Waals surface area contributed by atoms with E-state index in [-0.39, 0.29) is 0 Å². The molecule has 0 saturated heterocycles. The van der Waals surface area contributed by atoms with Crippen molar-refractivity contribution in [2.24, 2.45) is 17.8 Å². The zero-order chi connectivity index (χ0) is 13.5. The maximum Gasteiger partial charge on any atom is 0.167 e. The molecule has 0 aromatic carbocycles. The second kappa shape index (κ2) is 7.41. The van der Waals surface area contributed by atoms with Gasteiger partial charge in [0.15, 0.2) is 5.82 Å². The quantitative estimate of drug-likeness (QED) is 0.724. The number of nitrogens with zero attached hydrogens (tertiary/aromatic N) is 1. The Morgan fingerprint density at radius 1 is 1.28 bits per heavy atom. The van der Waals surface area contributed by atoms with Crippen molar-refractivity contribution in [2.75, 3.05) is 18.9 Å². The number of hydrogen-bond donors (Lipinski definition) is 1. The Morgan fingerprint density at radius 2 is 2.00 bits per heavy atom. The number of ether oxygens (including phenoxy) is 1. The van der Waals surface area contributed by atoms with Crippen molar-refractivity contribution in [3.63, 3.8) is 0 Å². The Hall–Kier alpha value is -1.03. The average molecular weight is 254 g/mol. The molecule has 104 valence electrons. The molecule has 0 spiro atoms. The smallest absolute Gasteiger partial charge is 0.167 e. The summed E-state index contributed by atoms with van der Waals surface area (Å²) in [5.74, 6) is 3.08. The van der Waals surface area contributed by atoms with Crippen molar-refractivity contribution < 1.29 is 9.26 Å². The number of rotatable bonds is 8. The number of aromatic nitrogens is 1. The predicted octanol–water partition coefficient (Wildman–Crippen LogP) is 3.13. The number of nitrogens with two attached hydrogens (primary N) is 1. The summed E-state index contributed by atoms with van der Waals surface area (Å²) in [5.41, 5.74) is 5.53. The molecule has 1 aromatic heterocycles. The van der Waals surface area contributed by atoms with Gasteiger partial charge in [-0.3, -0.25) is 0 Å². The highest BCUT2D eigenvalue weighted by Gasteiger charge is 2.15. The van der Waals surface area contributed by atoms with Gasteiger partial charge < -0.3 is 15.0 Å². The highest BCUT2D eigenvalue weighted by molar-refractivity contribution is 5.26. The number of anilines is 1. The van der Waals surface area contributed by atoms with Crippen LogP contribution in [0.1, 0.15) is 39.9 Å². The van der Waals surface area contributed by atoms with Gasteiger partial charge in [-0.25, -0.2) is 0 Å². The number of nitrogen functional groups attached to an aromatic ring is 1. The summed E-state index contributed by atoms with van der Waals surface area (Å²) in [4.78, 5) is 0. The van der Waals surface area contributed by atoms with Crippen molar-refractivity contribution in [1.82, 2.24) is 5.16 Å². The molecule has 2 unspecified atom stereocenters. The van der Waals surface area contributed by atoms with E-state index < -0.39 is 0 Å². The van der Waals surface area contributed by atoms with Gasteiger partial charge in [-0.1, -0.05) is 32.9 Å². The molecule has 1 heterocycles. The normalized spacial score (nSPS) is 14.9. The minimum Gasteiger partial charge on any atom is -0.381 e. The highest BCUT2D eigenvalue weighted by Crippen LogP contribution is 2.21. The van der Waals surface area contributed by atoms with Crippen molar-refractivity contribution in [3.05, 3.63) is 11.8 Å². The number of hydrogen-bond acceptors (Lipinski definition) is 4. The highest BCUT2D eigenvalue weighted by atomic mass is 16.5. The van der Waals surface area contributed by atoms with Gasteiger partial charge in [0.05, 0.1) is 0 Å². The van der Waals surface area contributed by atoms with E-state index >= 15 is 0 Å². The van der Waals surface area contributed by atoms with E-state index in [1.54, 1.807) is 6.07 Å². The van der Waals surface area contributed by atoms with E-state index in [1.807, 2.05) is 0 Å². The Morgan fingerprint density at radius 3 is 2.56 bits per heavy atom. The summed E-state index contributed by atoms with van der Waals surface area (Å²) in [7, 11) is 0. The Bertz CT molecular complexity index is 336. The summed E-state index contributed by atoms with van der Waals surface area (Å²) < 4.78 is 10.8. The molecule has 1 rings (SSSR count). The van der Waals surface area contributed by atoms with Crippen LogP contribution in [0.2, 0.25) is 0 Å². The molecule has 0 saturated carbocycles. The fourth-order valence-electron chi connectivity index (χ4n) is 1.82. The summed E-state index contributed by atoms with van der Waals surface area (Å²) >= 11 is 0. The lowest BCUT2D eigenvalue weighted by molar-refractivity contribution is 0.0931. The van der Waals surface area contributed by atoms with Crippen LogP contribution in [-0.4, -0.2) is 18.4 Å². The summed E-state index contributed by atoms with van der Waals surface area (Å²) in [6, 6.07) is 1.80. The minimum absolute atomic E-state index is 0.463. The molecule has 4 heteroatoms. The first-order valence-electron chi connectivity index (χ1n) is 6.77. The summed E-state index contributed by atoms with van der Waals surface area (Å²) in [5, 5.41) is 3.70. The average Bonchev–Trinajstić information content (AvgIpc) is 2.69. The van der Waals surface area contributed by atoms with Gasteiger partial charge in [-0.05, 0) is 24.2 Å². The molecule has 18 heavy (non-hydrogen) atoms. The van der Waals surface area contributed by atoms with E-state index in [1.165, 1.54) is 0 Å². The molecule has 0 aliphatic carbocycles. The molecule has 0 aliphatic heterocycles. The molecule has 1 aromatic rings. The van der Waals surface area contributed by atoms with Crippen LogP contribution >= 0.6 is 0 Å². The monoisotopic (exact) mass is 254 g/mol. The second-order valence-corrected chi connectivity index (χ2v) is 5.63. The third kappa shape index (κ3) is 5.54. The van der Waals surface area contributed by atoms with Crippen molar-refractivity contribution in [1.29, 1.82) is 0 Å². The third-order valence-electron chi connectivity index (χ3n) is 3.24. The molecular formula is C14H26N2O2. The molecule has 2 N–H and O–H groups in total. The molecule has 0 aliphatic rings. The fourth-order valence-corrected chi connectivity index (χ4v) is 1.82. The Kier molecular flexibility index (Phi) is 6.19. The van der Waals surface area contributed by atoms with Crippen LogP contribution in [-0.2, 0) is 11.2 Å². The minimum atomic E-state index is 0.463. The van der Waals surface area contributed by atoms with Gasteiger partial charge in [-0.15, -0.1) is 0 Å². The van der Waals surface area contributed by atoms with Crippen LogP contribution in [0.3, 0.4) is 0 Å². The van der Waals surface area contributed by atoms with Gasteiger partial charge >= 0.3 is 0 Å². The fraction of sp³-hybridized carbons (Fsp3) is 0.786. The zero-order valence-corrected chi connectivity index (χ0v) is 12.0. The summed E-state index contributed by atoms with van der Waals surface area (Å²) in [6.07, 6.45) is 1.97. The first-order chi connectivity index (χ1) is 8.49. The lowest BCUT2D eigenvalue weighted by Gasteiger charge is -2.18. The van der Waals surface area contributed by atoms with Gasteiger partial charge in [0.1, 0.15) is 5.76 Å². The standard InChI is InChI=1S/C14H26N2O2/c1-10(2)9-17-6-5-11(3)12(4)7-13-8-14(15)16-18-13/h8,10-12H,5-7,9H2,1-4H3,(H2,15,16). The van der Waals surface area contributed by atoms with Crippen molar-refractivity contribution >= 4 is 5.82 Å². The maximum atomic E-state index is 5.61. The molecule has 4 nitrogen and oxygen atoms in total. The van der Waals surface area contributed by atoms with Crippen LogP contribution in [0.5, 0.6) is 0 Å². The van der Waals surface area contributed by atoms with Gasteiger partial charge in [0, 0.05) is 25.7 Å². The Labute approximate surface area is 110 Å². The van der Waals surface area contributed by atoms with Crippen LogP contribution in [0.15, 0.2) is 10.6 Å². The van der Waals surface area contributed by atoms with E-state index in [2.05, 4.69) is 32.9 Å². The van der Waals surface area contributed by atoms with E-state index in [9.17, 15) is 0 Å². The van der Waals surface area contributed by atoms with Crippen LogP contribution in [0.4, 0.5) is 5.82 Å². The first-order valence-corrected chi connectivity index (χ1v) is 6.77. The lowest BCUT2D eigenvalue weighted by atomic mass is 9.89. The molecule has 0 fully saturated rings. The van der Waals surface area contributed by atoms with Crippen LogP contribution in [0, 0.1) is 17.8 Å². The molecule has 0 radical (unpaired) electrons.